The van der Waals surface area contributed by atoms with Crippen molar-refractivity contribution in [2.24, 2.45) is 0 Å². The first kappa shape index (κ1) is 16.7. The Hall–Kier alpha value is -2.17. The molecule has 1 atom stereocenters. The van der Waals surface area contributed by atoms with Gasteiger partial charge in [-0.25, -0.2) is 0 Å². The third-order valence-corrected chi connectivity index (χ3v) is 4.24. The van der Waals surface area contributed by atoms with Gasteiger partial charge in [0.25, 0.3) is 5.91 Å². The van der Waals surface area contributed by atoms with Crippen LogP contribution in [0, 0.1) is 0 Å². The Morgan fingerprint density at radius 1 is 1.04 bits per heavy atom. The molecule has 4 heteroatoms. The molecule has 1 unspecified atom stereocenters. The zero-order valence-electron chi connectivity index (χ0n) is 13.9. The van der Waals surface area contributed by atoms with Gasteiger partial charge in [0.1, 0.15) is 6.10 Å². The summed E-state index contributed by atoms with van der Waals surface area (Å²) in [6, 6.07) is 20.4. The second kappa shape index (κ2) is 8.62. The average Bonchev–Trinajstić information content (AvgIpc) is 2.67. The van der Waals surface area contributed by atoms with Crippen molar-refractivity contribution < 1.29 is 9.53 Å². The maximum absolute atomic E-state index is 12.9. The Bertz CT molecular complexity index is 625. The molecule has 24 heavy (non-hydrogen) atoms. The fourth-order valence-electron chi connectivity index (χ4n) is 2.91. The minimum Gasteiger partial charge on any atom is -0.366 e. The summed E-state index contributed by atoms with van der Waals surface area (Å²) in [5.41, 5.74) is 2.38. The fraction of sp³-hybridized carbons (Fsp3) is 0.350. The van der Waals surface area contributed by atoms with Crippen LogP contribution in [0.15, 0.2) is 60.7 Å². The predicted octanol–water partition coefficient (Wildman–Crippen LogP) is 2.25. The van der Waals surface area contributed by atoms with Crippen LogP contribution in [0.4, 0.5) is 0 Å². The van der Waals surface area contributed by atoms with Crippen molar-refractivity contribution in [3.05, 3.63) is 71.8 Å². The molecule has 2 aromatic rings. The third kappa shape index (κ3) is 4.66. The molecule has 1 N–H and O–H groups in total. The molecule has 0 aliphatic carbocycles. The highest BCUT2D eigenvalue weighted by Gasteiger charge is 2.26. The molecule has 0 saturated carbocycles. The van der Waals surface area contributed by atoms with Crippen molar-refractivity contribution in [1.29, 1.82) is 0 Å². The van der Waals surface area contributed by atoms with E-state index in [9.17, 15) is 4.79 Å². The topological polar surface area (TPSA) is 41.6 Å². The van der Waals surface area contributed by atoms with E-state index < -0.39 is 0 Å². The van der Waals surface area contributed by atoms with Crippen molar-refractivity contribution in [3.8, 4) is 0 Å². The molecule has 0 aromatic heterocycles. The number of hydrogen-bond acceptors (Lipinski definition) is 3. The zero-order valence-corrected chi connectivity index (χ0v) is 13.9. The number of benzene rings is 2. The molecule has 0 radical (unpaired) electrons. The van der Waals surface area contributed by atoms with Gasteiger partial charge in [0, 0.05) is 26.2 Å². The predicted molar refractivity (Wildman–Crippen MR) is 94.6 cm³/mol. The number of rotatable bonds is 6. The normalized spacial score (nSPS) is 17.4. The smallest absolute Gasteiger partial charge is 0.253 e. The van der Waals surface area contributed by atoms with Crippen LogP contribution in [-0.2, 0) is 22.5 Å². The molecule has 1 heterocycles. The molecule has 1 aliphatic rings. The van der Waals surface area contributed by atoms with Crippen molar-refractivity contribution in [2.45, 2.75) is 19.1 Å². The van der Waals surface area contributed by atoms with E-state index in [0.717, 1.165) is 18.5 Å². The van der Waals surface area contributed by atoms with Gasteiger partial charge in [-0.2, -0.15) is 0 Å². The Kier molecular flexibility index (Phi) is 5.99. The average molecular weight is 324 g/mol. The van der Waals surface area contributed by atoms with Gasteiger partial charge in [0.15, 0.2) is 0 Å². The molecule has 126 valence electrons. The van der Waals surface area contributed by atoms with Crippen molar-refractivity contribution >= 4 is 5.91 Å². The van der Waals surface area contributed by atoms with E-state index in [2.05, 4.69) is 29.6 Å². The Morgan fingerprint density at radius 2 is 1.71 bits per heavy atom. The van der Waals surface area contributed by atoms with Crippen LogP contribution in [0.1, 0.15) is 11.1 Å². The second-order valence-corrected chi connectivity index (χ2v) is 6.04. The first-order valence-electron chi connectivity index (χ1n) is 8.52. The van der Waals surface area contributed by atoms with E-state index in [-0.39, 0.29) is 12.0 Å². The molecule has 0 bridgehead atoms. The van der Waals surface area contributed by atoms with Crippen LogP contribution < -0.4 is 5.32 Å². The molecule has 1 aliphatic heterocycles. The highest BCUT2D eigenvalue weighted by Crippen LogP contribution is 2.11. The summed E-state index contributed by atoms with van der Waals surface area (Å²) >= 11 is 0. The number of morpholine rings is 1. The molecule has 0 spiro atoms. The summed E-state index contributed by atoms with van der Waals surface area (Å²) in [4.78, 5) is 14.8. The quantitative estimate of drug-likeness (QED) is 0.886. The van der Waals surface area contributed by atoms with Gasteiger partial charge in [-0.15, -0.1) is 0 Å². The number of nitrogens with zero attached hydrogens (tertiary/aromatic N) is 1. The summed E-state index contributed by atoms with van der Waals surface area (Å²) in [6.07, 6.45) is 0.470. The number of nitrogens with one attached hydrogen (secondary N) is 1. The second-order valence-electron chi connectivity index (χ2n) is 6.04. The summed E-state index contributed by atoms with van der Waals surface area (Å²) < 4.78 is 5.66. The van der Waals surface area contributed by atoms with Crippen molar-refractivity contribution in [2.75, 3.05) is 26.2 Å². The number of carbonyl (C=O) groups excluding carboxylic acids is 1. The standard InChI is InChI=1S/C20H24N2O2/c23-20(19-15-21-12-14-24-19)22(16-18-9-5-2-6-10-18)13-11-17-7-3-1-4-8-17/h1-10,19,21H,11-16H2. The SMILES string of the molecule is O=C(C1CNCCO1)N(CCc1ccccc1)Cc1ccccc1. The highest BCUT2D eigenvalue weighted by atomic mass is 16.5. The van der Waals surface area contributed by atoms with E-state index in [1.807, 2.05) is 41.3 Å². The Morgan fingerprint density at radius 3 is 2.33 bits per heavy atom. The van der Waals surface area contributed by atoms with E-state index in [4.69, 9.17) is 4.74 Å². The lowest BCUT2D eigenvalue weighted by molar-refractivity contribution is -0.145. The van der Waals surface area contributed by atoms with Crippen LogP contribution in [0.5, 0.6) is 0 Å². The first-order chi connectivity index (χ1) is 11.8. The van der Waals surface area contributed by atoms with Crippen LogP contribution in [-0.4, -0.2) is 43.2 Å². The lowest BCUT2D eigenvalue weighted by atomic mass is 10.1. The third-order valence-electron chi connectivity index (χ3n) is 4.24. The molecular weight excluding hydrogens is 300 g/mol. The van der Waals surface area contributed by atoms with Crippen molar-refractivity contribution in [3.63, 3.8) is 0 Å². The molecular formula is C20H24N2O2. The maximum atomic E-state index is 12.9. The minimum absolute atomic E-state index is 0.0713. The summed E-state index contributed by atoms with van der Waals surface area (Å²) in [7, 11) is 0. The van der Waals surface area contributed by atoms with Gasteiger partial charge < -0.3 is 15.0 Å². The van der Waals surface area contributed by atoms with E-state index in [0.29, 0.717) is 26.2 Å². The lowest BCUT2D eigenvalue weighted by Gasteiger charge is -2.30. The van der Waals surface area contributed by atoms with Crippen LogP contribution in [0.3, 0.4) is 0 Å². The molecule has 1 fully saturated rings. The van der Waals surface area contributed by atoms with Crippen molar-refractivity contribution in [1.82, 2.24) is 10.2 Å². The number of ether oxygens (including phenoxy) is 1. The maximum Gasteiger partial charge on any atom is 0.253 e. The number of carbonyl (C=O) groups is 1. The Labute approximate surface area is 143 Å². The largest absolute Gasteiger partial charge is 0.366 e. The molecule has 1 saturated heterocycles. The number of amides is 1. The summed E-state index contributed by atoms with van der Waals surface area (Å²) in [5, 5.41) is 3.24. The summed E-state index contributed by atoms with van der Waals surface area (Å²) in [6.45, 7) is 3.31. The minimum atomic E-state index is -0.377. The fourth-order valence-corrected chi connectivity index (χ4v) is 2.91. The molecule has 3 rings (SSSR count). The van der Waals surface area contributed by atoms with Gasteiger partial charge in [-0.05, 0) is 17.5 Å². The molecule has 4 nitrogen and oxygen atoms in total. The van der Waals surface area contributed by atoms with Crippen LogP contribution in [0.25, 0.3) is 0 Å². The number of hydrogen-bond donors (Lipinski definition) is 1. The molecule has 1 amide bonds. The van der Waals surface area contributed by atoms with Gasteiger partial charge >= 0.3 is 0 Å². The lowest BCUT2D eigenvalue weighted by Crippen LogP contribution is -2.49. The van der Waals surface area contributed by atoms with E-state index in [1.54, 1.807) is 0 Å². The van der Waals surface area contributed by atoms with Gasteiger partial charge in [-0.3, -0.25) is 4.79 Å². The molecule has 2 aromatic carbocycles. The van der Waals surface area contributed by atoms with Gasteiger partial charge in [0.05, 0.1) is 6.61 Å². The highest BCUT2D eigenvalue weighted by molar-refractivity contribution is 5.81. The van der Waals surface area contributed by atoms with Crippen LogP contribution in [0.2, 0.25) is 0 Å². The van der Waals surface area contributed by atoms with E-state index >= 15 is 0 Å². The van der Waals surface area contributed by atoms with Gasteiger partial charge in [-0.1, -0.05) is 60.7 Å². The van der Waals surface area contributed by atoms with Crippen LogP contribution >= 0.6 is 0 Å². The van der Waals surface area contributed by atoms with Gasteiger partial charge in [0.2, 0.25) is 0 Å². The Balaban J connectivity index is 1.68. The first-order valence-corrected chi connectivity index (χ1v) is 8.52. The van der Waals surface area contributed by atoms with E-state index in [1.165, 1.54) is 5.56 Å². The monoisotopic (exact) mass is 324 g/mol. The summed E-state index contributed by atoms with van der Waals surface area (Å²) in [5.74, 6) is 0.0713. The zero-order chi connectivity index (χ0) is 16.6.